The first-order chi connectivity index (χ1) is 19.4. The summed E-state index contributed by atoms with van der Waals surface area (Å²) in [6, 6.07) is 21.2. The van der Waals surface area contributed by atoms with Crippen LogP contribution < -0.4 is 19.7 Å². The van der Waals surface area contributed by atoms with Gasteiger partial charge in [-0.05, 0) is 67.1 Å². The molecule has 40 heavy (non-hydrogen) atoms. The number of aryl methyl sites for hydroxylation is 1. The van der Waals surface area contributed by atoms with Crippen molar-refractivity contribution in [3.05, 3.63) is 101 Å². The van der Waals surface area contributed by atoms with Crippen molar-refractivity contribution in [2.24, 2.45) is 4.99 Å². The molecule has 4 aromatic rings. The molecule has 1 aliphatic heterocycles. The molecule has 0 bridgehead atoms. The van der Waals surface area contributed by atoms with E-state index in [-0.39, 0.29) is 17.4 Å². The topological polar surface area (TPSA) is 76.1 Å². The molecule has 0 fully saturated rings. The first kappa shape index (κ1) is 27.4. The normalized spacial score (nSPS) is 14.1. The zero-order chi connectivity index (χ0) is 28.1. The van der Waals surface area contributed by atoms with Gasteiger partial charge in [-0.2, -0.15) is 8.78 Å². The Morgan fingerprint density at radius 3 is 2.40 bits per heavy atom. The summed E-state index contributed by atoms with van der Waals surface area (Å²) in [4.78, 5) is 24.2. The maximum atomic E-state index is 13.5. The third-order valence-electron chi connectivity index (χ3n) is 5.77. The molecule has 0 atom stereocenters. The van der Waals surface area contributed by atoms with E-state index in [1.165, 1.54) is 45.7 Å². The molecule has 204 valence electrons. The number of nitrogens with zero attached hydrogens (tertiary/aromatic N) is 3. The number of benzene rings is 3. The van der Waals surface area contributed by atoms with Gasteiger partial charge in [0.2, 0.25) is 0 Å². The number of ether oxygens (including phenoxy) is 2. The Morgan fingerprint density at radius 1 is 1.02 bits per heavy atom. The molecule has 1 N–H and O–H groups in total. The van der Waals surface area contributed by atoms with Gasteiger partial charge in [0.1, 0.15) is 17.2 Å². The highest BCUT2D eigenvalue weighted by molar-refractivity contribution is 8.13. The minimum Gasteiger partial charge on any atom is -0.497 e. The molecule has 0 saturated heterocycles. The van der Waals surface area contributed by atoms with E-state index in [1.807, 2.05) is 48.7 Å². The minimum atomic E-state index is -2.94. The van der Waals surface area contributed by atoms with E-state index < -0.39 is 6.61 Å². The molecule has 1 aliphatic rings. The van der Waals surface area contributed by atoms with Crippen LogP contribution in [0.2, 0.25) is 0 Å². The van der Waals surface area contributed by atoms with E-state index in [1.54, 1.807) is 37.5 Å². The van der Waals surface area contributed by atoms with Crippen molar-refractivity contribution in [3.63, 3.8) is 0 Å². The predicted molar refractivity (Wildman–Crippen MR) is 157 cm³/mol. The van der Waals surface area contributed by atoms with Crippen molar-refractivity contribution >= 4 is 56.8 Å². The maximum absolute atomic E-state index is 13.5. The van der Waals surface area contributed by atoms with Gasteiger partial charge < -0.3 is 14.8 Å². The van der Waals surface area contributed by atoms with Crippen LogP contribution in [0.4, 0.5) is 25.3 Å². The standard InChI is InChI=1S/C29H24F2N4O3S2/c1-18-3-7-20(8-4-18)32-28-33-21(16-39-28)17-40-29-34-25(15-19-5-11-23(37-2)12-6-19)26(36)35(29)22-9-13-24(14-10-22)38-27(30)31/h3-16,27H,17H2,1-2H3,(H,32,33)/b25-15-. The van der Waals surface area contributed by atoms with Gasteiger partial charge in [-0.15, -0.1) is 11.3 Å². The van der Waals surface area contributed by atoms with Gasteiger partial charge in [-0.1, -0.05) is 41.6 Å². The quantitative estimate of drug-likeness (QED) is 0.208. The van der Waals surface area contributed by atoms with Gasteiger partial charge in [0.25, 0.3) is 5.91 Å². The molecule has 0 aliphatic carbocycles. The maximum Gasteiger partial charge on any atom is 0.387 e. The Kier molecular flexibility index (Phi) is 8.42. The number of carbonyl (C=O) groups is 1. The monoisotopic (exact) mass is 578 g/mol. The molecule has 0 saturated carbocycles. The molecule has 7 nitrogen and oxygen atoms in total. The molecule has 3 aromatic carbocycles. The molecular weight excluding hydrogens is 554 g/mol. The third-order valence-corrected chi connectivity index (χ3v) is 7.55. The first-order valence-electron chi connectivity index (χ1n) is 12.1. The van der Waals surface area contributed by atoms with Crippen LogP contribution in [0, 0.1) is 6.92 Å². The highest BCUT2D eigenvalue weighted by Crippen LogP contribution is 2.33. The molecule has 2 heterocycles. The molecule has 5 rings (SSSR count). The summed E-state index contributed by atoms with van der Waals surface area (Å²) in [5.41, 5.74) is 4.47. The van der Waals surface area contributed by atoms with Crippen LogP contribution >= 0.6 is 23.1 Å². The van der Waals surface area contributed by atoms with Crippen LogP contribution in [-0.4, -0.2) is 29.8 Å². The predicted octanol–water partition coefficient (Wildman–Crippen LogP) is 7.48. The largest absolute Gasteiger partial charge is 0.497 e. The Hall–Kier alpha value is -4.22. The lowest BCUT2D eigenvalue weighted by Gasteiger charge is -2.18. The van der Waals surface area contributed by atoms with Crippen LogP contribution in [0.15, 0.2) is 88.9 Å². The van der Waals surface area contributed by atoms with Gasteiger partial charge in [-0.3, -0.25) is 9.69 Å². The lowest BCUT2D eigenvalue weighted by Crippen LogP contribution is -2.30. The van der Waals surface area contributed by atoms with Crippen LogP contribution in [0.5, 0.6) is 11.5 Å². The number of aliphatic imine (C=N–C) groups is 1. The second kappa shape index (κ2) is 12.3. The van der Waals surface area contributed by atoms with Gasteiger partial charge in [0.05, 0.1) is 18.5 Å². The van der Waals surface area contributed by atoms with Crippen molar-refractivity contribution in [3.8, 4) is 11.5 Å². The third kappa shape index (κ3) is 6.67. The number of hydrogen-bond acceptors (Lipinski definition) is 8. The Morgan fingerprint density at radius 2 is 1.73 bits per heavy atom. The molecule has 1 aromatic heterocycles. The van der Waals surface area contributed by atoms with E-state index in [0.29, 0.717) is 22.4 Å². The van der Waals surface area contributed by atoms with Crippen LogP contribution in [0.1, 0.15) is 16.8 Å². The highest BCUT2D eigenvalue weighted by Gasteiger charge is 2.32. The number of thioether (sulfide) groups is 1. The molecule has 0 spiro atoms. The summed E-state index contributed by atoms with van der Waals surface area (Å²) in [5.74, 6) is 0.839. The fourth-order valence-electron chi connectivity index (χ4n) is 3.79. The van der Waals surface area contributed by atoms with Crippen molar-refractivity contribution < 1.29 is 23.0 Å². The molecular formula is C29H24F2N4O3S2. The summed E-state index contributed by atoms with van der Waals surface area (Å²) in [6.45, 7) is -0.902. The number of thiazole rings is 1. The summed E-state index contributed by atoms with van der Waals surface area (Å²) in [6.07, 6.45) is 1.70. The summed E-state index contributed by atoms with van der Waals surface area (Å²) in [5, 5.41) is 6.47. The van der Waals surface area contributed by atoms with Gasteiger partial charge in [0.15, 0.2) is 10.3 Å². The van der Waals surface area contributed by atoms with Crippen LogP contribution in [-0.2, 0) is 10.5 Å². The summed E-state index contributed by atoms with van der Waals surface area (Å²) in [7, 11) is 1.58. The lowest BCUT2D eigenvalue weighted by atomic mass is 10.2. The number of hydrogen-bond donors (Lipinski definition) is 1. The molecule has 0 unspecified atom stereocenters. The molecule has 1 amide bonds. The summed E-state index contributed by atoms with van der Waals surface area (Å²) >= 11 is 2.85. The van der Waals surface area contributed by atoms with Gasteiger partial charge >= 0.3 is 6.61 Å². The zero-order valence-corrected chi connectivity index (χ0v) is 23.1. The number of alkyl halides is 2. The zero-order valence-electron chi connectivity index (χ0n) is 21.5. The van der Waals surface area contributed by atoms with Crippen LogP contribution in [0.3, 0.4) is 0 Å². The number of rotatable bonds is 9. The highest BCUT2D eigenvalue weighted by atomic mass is 32.2. The average Bonchev–Trinajstić information content (AvgIpc) is 3.53. The number of halogens is 2. The molecule has 0 radical (unpaired) electrons. The van der Waals surface area contributed by atoms with Gasteiger partial charge in [0, 0.05) is 16.8 Å². The van der Waals surface area contributed by atoms with Crippen molar-refractivity contribution in [1.82, 2.24) is 4.98 Å². The first-order valence-corrected chi connectivity index (χ1v) is 14.0. The Bertz CT molecular complexity index is 1540. The smallest absolute Gasteiger partial charge is 0.387 e. The van der Waals surface area contributed by atoms with Gasteiger partial charge in [-0.25, -0.2) is 9.98 Å². The molecule has 11 heteroatoms. The number of amidine groups is 1. The fraction of sp³-hybridized carbons (Fsp3) is 0.138. The van der Waals surface area contributed by atoms with E-state index in [2.05, 4.69) is 20.0 Å². The number of carbonyl (C=O) groups excluding carboxylic acids is 1. The van der Waals surface area contributed by atoms with E-state index in [4.69, 9.17) is 4.74 Å². The Balaban J connectivity index is 1.36. The SMILES string of the molecule is COc1ccc(/C=C2\N=C(SCc3csc(Nc4ccc(C)cc4)n3)N(c3ccc(OC(F)F)cc3)C2=O)cc1. The van der Waals surface area contributed by atoms with Crippen molar-refractivity contribution in [2.45, 2.75) is 19.3 Å². The van der Waals surface area contributed by atoms with Crippen molar-refractivity contribution in [2.75, 3.05) is 17.3 Å². The van der Waals surface area contributed by atoms with Crippen molar-refractivity contribution in [1.29, 1.82) is 0 Å². The number of methoxy groups -OCH3 is 1. The number of nitrogens with one attached hydrogen (secondary N) is 1. The Labute approximate surface area is 238 Å². The summed E-state index contributed by atoms with van der Waals surface area (Å²) < 4.78 is 34.9. The van der Waals surface area contributed by atoms with E-state index >= 15 is 0 Å². The minimum absolute atomic E-state index is 0.00150. The number of anilines is 3. The number of amides is 1. The second-order valence-corrected chi connectivity index (χ2v) is 10.4. The van der Waals surface area contributed by atoms with E-state index in [0.717, 1.165) is 22.1 Å². The van der Waals surface area contributed by atoms with E-state index in [9.17, 15) is 13.6 Å². The fourth-order valence-corrected chi connectivity index (χ4v) is 5.53. The second-order valence-electron chi connectivity index (χ2n) is 8.63. The average molecular weight is 579 g/mol. The lowest BCUT2D eigenvalue weighted by molar-refractivity contribution is -0.113. The van der Waals surface area contributed by atoms with Crippen LogP contribution in [0.25, 0.3) is 6.08 Å². The number of aromatic nitrogens is 1.